The Morgan fingerprint density at radius 1 is 1.36 bits per heavy atom. The van der Waals surface area contributed by atoms with Crippen molar-refractivity contribution in [3.63, 3.8) is 0 Å². The van der Waals surface area contributed by atoms with Gasteiger partial charge in [0.15, 0.2) is 11.0 Å². The van der Waals surface area contributed by atoms with Gasteiger partial charge < -0.3 is 5.32 Å². The van der Waals surface area contributed by atoms with E-state index in [1.807, 2.05) is 24.3 Å². The largest absolute Gasteiger partial charge is 0.337 e. The fourth-order valence-electron chi connectivity index (χ4n) is 0.955. The number of benzene rings is 1. The van der Waals surface area contributed by atoms with E-state index in [9.17, 15) is 0 Å². The van der Waals surface area contributed by atoms with Crippen LogP contribution in [0.5, 0.6) is 0 Å². The lowest BCUT2D eigenvalue weighted by atomic mass is 10.3. The van der Waals surface area contributed by atoms with Crippen molar-refractivity contribution in [2.75, 3.05) is 5.32 Å². The van der Waals surface area contributed by atoms with E-state index in [1.165, 1.54) is 0 Å². The summed E-state index contributed by atoms with van der Waals surface area (Å²) in [7, 11) is 0. The smallest absolute Gasteiger partial charge is 0.187 e. The third-order valence-electron chi connectivity index (χ3n) is 1.54. The molecule has 0 atom stereocenters. The van der Waals surface area contributed by atoms with Crippen LogP contribution in [0.15, 0.2) is 28.7 Å². The van der Waals surface area contributed by atoms with Gasteiger partial charge in [-0.05, 0) is 18.2 Å². The molecule has 0 fully saturated rings. The van der Waals surface area contributed by atoms with Gasteiger partial charge in [0, 0.05) is 10.2 Å². The molecule has 0 saturated heterocycles. The molecule has 6 heteroatoms. The van der Waals surface area contributed by atoms with Crippen molar-refractivity contribution < 1.29 is 0 Å². The van der Waals surface area contributed by atoms with Gasteiger partial charge in [0.05, 0.1) is 11.7 Å². The summed E-state index contributed by atoms with van der Waals surface area (Å²) in [4.78, 5) is 0. The summed E-state index contributed by atoms with van der Waals surface area (Å²) in [5.41, 5.74) is 0.925. The maximum absolute atomic E-state index is 5.79. The predicted molar refractivity (Wildman–Crippen MR) is 62.3 cm³/mol. The molecular weight excluding hydrogens is 286 g/mol. The molecule has 1 aromatic carbocycles. The number of nitrogens with zero attached hydrogens (tertiary/aromatic N) is 2. The van der Waals surface area contributed by atoms with Gasteiger partial charge in [-0.1, -0.05) is 33.6 Å². The lowest BCUT2D eigenvalue weighted by molar-refractivity contribution is 1.44. The second-order valence-electron chi connectivity index (χ2n) is 2.54. The normalized spacial score (nSPS) is 10.1. The molecule has 0 bridgehead atoms. The molecular formula is C8H5BrClN3S. The molecule has 1 heterocycles. The van der Waals surface area contributed by atoms with Crippen molar-refractivity contribution in [2.24, 2.45) is 0 Å². The van der Waals surface area contributed by atoms with Gasteiger partial charge in [-0.3, -0.25) is 0 Å². The fraction of sp³-hybridized carbons (Fsp3) is 0. The predicted octanol–water partition coefficient (Wildman–Crippen LogP) is 3.70. The summed E-state index contributed by atoms with van der Waals surface area (Å²) in [5.74, 6) is 0.592. The highest BCUT2D eigenvalue weighted by atomic mass is 79.9. The Morgan fingerprint density at radius 2 is 2.21 bits per heavy atom. The molecule has 0 radical (unpaired) electrons. The number of hydrogen-bond acceptors (Lipinski definition) is 4. The third-order valence-corrected chi connectivity index (χ3v) is 2.92. The second-order valence-corrected chi connectivity index (χ2v) is 4.34. The first-order valence-electron chi connectivity index (χ1n) is 3.76. The van der Waals surface area contributed by atoms with E-state index < -0.39 is 0 Å². The standard InChI is InChI=1S/C8H5BrClN3S/c9-5-2-1-3-6(4-5)11-8-7(10)12-14-13-8/h1-4H,(H,11,13). The van der Waals surface area contributed by atoms with Crippen molar-refractivity contribution in [1.82, 2.24) is 8.75 Å². The third kappa shape index (κ3) is 2.23. The Kier molecular flexibility index (Phi) is 3.00. The molecule has 1 N–H and O–H groups in total. The van der Waals surface area contributed by atoms with E-state index >= 15 is 0 Å². The molecule has 3 nitrogen and oxygen atoms in total. The van der Waals surface area contributed by atoms with Crippen LogP contribution in [-0.2, 0) is 0 Å². The Hall–Kier alpha value is -0.650. The fourth-order valence-corrected chi connectivity index (χ4v) is 2.00. The molecule has 0 aliphatic heterocycles. The quantitative estimate of drug-likeness (QED) is 0.916. The summed E-state index contributed by atoms with van der Waals surface area (Å²) in [5, 5.41) is 3.47. The van der Waals surface area contributed by atoms with E-state index in [0.29, 0.717) is 11.0 Å². The van der Waals surface area contributed by atoms with Gasteiger partial charge in [-0.2, -0.15) is 8.75 Å². The SMILES string of the molecule is Clc1nsnc1Nc1cccc(Br)c1. The molecule has 0 aliphatic carbocycles. The molecule has 0 amide bonds. The minimum Gasteiger partial charge on any atom is -0.337 e. The minimum atomic E-state index is 0.398. The van der Waals surface area contributed by atoms with Gasteiger partial charge in [0.2, 0.25) is 0 Å². The molecule has 14 heavy (non-hydrogen) atoms. The van der Waals surface area contributed by atoms with Gasteiger partial charge in [-0.25, -0.2) is 0 Å². The maximum atomic E-state index is 5.79. The molecule has 0 aliphatic rings. The minimum absolute atomic E-state index is 0.398. The average molecular weight is 291 g/mol. The zero-order valence-electron chi connectivity index (χ0n) is 6.87. The first kappa shape index (κ1) is 9.89. The van der Waals surface area contributed by atoms with Crippen molar-refractivity contribution >= 4 is 50.8 Å². The van der Waals surface area contributed by atoms with Crippen molar-refractivity contribution in [3.8, 4) is 0 Å². The number of anilines is 2. The van der Waals surface area contributed by atoms with Crippen molar-refractivity contribution in [1.29, 1.82) is 0 Å². The van der Waals surface area contributed by atoms with Gasteiger partial charge in [0.25, 0.3) is 0 Å². The van der Waals surface area contributed by atoms with Gasteiger partial charge >= 0.3 is 0 Å². The summed E-state index contributed by atoms with van der Waals surface area (Å²) >= 11 is 10.3. The van der Waals surface area contributed by atoms with Crippen molar-refractivity contribution in [3.05, 3.63) is 33.9 Å². The van der Waals surface area contributed by atoms with E-state index in [4.69, 9.17) is 11.6 Å². The number of hydrogen-bond donors (Lipinski definition) is 1. The molecule has 1 aromatic heterocycles. The first-order valence-corrected chi connectivity index (χ1v) is 5.66. The molecule has 0 unspecified atom stereocenters. The molecule has 2 rings (SSSR count). The van der Waals surface area contributed by atoms with Gasteiger partial charge in [0.1, 0.15) is 0 Å². The Bertz CT molecular complexity index is 446. The average Bonchev–Trinajstić information content (AvgIpc) is 2.52. The van der Waals surface area contributed by atoms with Crippen LogP contribution >= 0.6 is 39.3 Å². The lowest BCUT2D eigenvalue weighted by Gasteiger charge is -2.02. The van der Waals surface area contributed by atoms with Crippen LogP contribution in [0.3, 0.4) is 0 Å². The topological polar surface area (TPSA) is 37.8 Å². The van der Waals surface area contributed by atoms with E-state index in [-0.39, 0.29) is 0 Å². The number of aromatic nitrogens is 2. The lowest BCUT2D eigenvalue weighted by Crippen LogP contribution is -1.90. The molecule has 72 valence electrons. The number of rotatable bonds is 2. The van der Waals surface area contributed by atoms with Crippen LogP contribution in [0.25, 0.3) is 0 Å². The Labute approximate surface area is 98.6 Å². The zero-order valence-corrected chi connectivity index (χ0v) is 10.0. The Morgan fingerprint density at radius 3 is 2.86 bits per heavy atom. The van der Waals surface area contributed by atoms with Crippen LogP contribution in [0.1, 0.15) is 0 Å². The monoisotopic (exact) mass is 289 g/mol. The van der Waals surface area contributed by atoms with Crippen LogP contribution in [0, 0.1) is 0 Å². The summed E-state index contributed by atoms with van der Waals surface area (Å²) in [6, 6.07) is 7.75. The maximum Gasteiger partial charge on any atom is 0.187 e. The zero-order chi connectivity index (χ0) is 9.97. The number of halogens is 2. The molecule has 0 saturated carbocycles. The van der Waals surface area contributed by atoms with Crippen LogP contribution < -0.4 is 5.32 Å². The highest BCUT2D eigenvalue weighted by Crippen LogP contribution is 2.24. The second kappa shape index (κ2) is 4.25. The van der Waals surface area contributed by atoms with Gasteiger partial charge in [-0.15, -0.1) is 0 Å². The molecule has 2 aromatic rings. The van der Waals surface area contributed by atoms with E-state index in [2.05, 4.69) is 30.0 Å². The highest BCUT2D eigenvalue weighted by Gasteiger charge is 2.04. The number of nitrogens with one attached hydrogen (secondary N) is 1. The van der Waals surface area contributed by atoms with E-state index in [1.54, 1.807) is 0 Å². The molecule has 0 spiro atoms. The summed E-state index contributed by atoms with van der Waals surface area (Å²) in [6.07, 6.45) is 0. The summed E-state index contributed by atoms with van der Waals surface area (Å²) < 4.78 is 8.87. The first-order chi connectivity index (χ1) is 6.75. The van der Waals surface area contributed by atoms with Crippen LogP contribution in [-0.4, -0.2) is 8.75 Å². The van der Waals surface area contributed by atoms with E-state index in [0.717, 1.165) is 21.9 Å². The van der Waals surface area contributed by atoms with Crippen LogP contribution in [0.4, 0.5) is 11.5 Å². The Balaban J connectivity index is 2.23. The van der Waals surface area contributed by atoms with Crippen molar-refractivity contribution in [2.45, 2.75) is 0 Å². The van der Waals surface area contributed by atoms with Crippen LogP contribution in [0.2, 0.25) is 5.15 Å². The summed E-state index contributed by atoms with van der Waals surface area (Å²) in [6.45, 7) is 0. The highest BCUT2D eigenvalue weighted by molar-refractivity contribution is 9.10.